The van der Waals surface area contributed by atoms with Crippen molar-refractivity contribution in [2.75, 3.05) is 0 Å². The lowest BCUT2D eigenvalue weighted by molar-refractivity contribution is 0.231. The van der Waals surface area contributed by atoms with Crippen LogP contribution in [-0.4, -0.2) is 6.10 Å². The second-order valence-corrected chi connectivity index (χ2v) is 3.90. The van der Waals surface area contributed by atoms with E-state index in [4.69, 9.17) is 4.74 Å². The molecule has 1 aromatic carbocycles. The van der Waals surface area contributed by atoms with Gasteiger partial charge in [-0.15, -0.1) is 0 Å². The van der Waals surface area contributed by atoms with Crippen LogP contribution in [0.2, 0.25) is 0 Å². The van der Waals surface area contributed by atoms with Crippen LogP contribution in [0, 0.1) is 6.92 Å². The van der Waals surface area contributed by atoms with Gasteiger partial charge in [-0.2, -0.15) is 0 Å². The number of rotatable bonds is 4. The summed E-state index contributed by atoms with van der Waals surface area (Å²) in [4.78, 5) is 0. The normalized spacial score (nSPS) is 18.3. The predicted octanol–water partition coefficient (Wildman–Crippen LogP) is 3.86. The Labute approximate surface area is 91.8 Å². The Kier molecular flexibility index (Phi) is 3.44. The molecule has 0 bridgehead atoms. The molecular formula is C14H17O. The topological polar surface area (TPSA) is 9.23 Å². The molecule has 1 heteroatoms. The molecular weight excluding hydrogens is 184 g/mol. The molecule has 0 amide bonds. The van der Waals surface area contributed by atoms with E-state index in [1.54, 1.807) is 0 Å². The maximum Gasteiger partial charge on any atom is 0.127 e. The Balaban J connectivity index is 1.94. The summed E-state index contributed by atoms with van der Waals surface area (Å²) < 4.78 is 5.87. The van der Waals surface area contributed by atoms with Crippen LogP contribution in [0.1, 0.15) is 31.2 Å². The van der Waals surface area contributed by atoms with E-state index in [-0.39, 0.29) is 6.10 Å². The molecule has 79 valence electrons. The van der Waals surface area contributed by atoms with E-state index >= 15 is 0 Å². The lowest BCUT2D eigenvalue weighted by atomic mass is 10.1. The molecule has 1 aliphatic rings. The number of hydrogen-bond acceptors (Lipinski definition) is 1. The fraction of sp³-hybridized carbons (Fsp3) is 0.357. The van der Waals surface area contributed by atoms with Crippen molar-refractivity contribution in [1.29, 1.82) is 0 Å². The number of benzene rings is 1. The third-order valence-electron chi connectivity index (χ3n) is 2.68. The molecule has 1 heterocycles. The fourth-order valence-corrected chi connectivity index (χ4v) is 1.82. The zero-order valence-electron chi connectivity index (χ0n) is 8.99. The molecule has 1 aromatic rings. The second kappa shape index (κ2) is 5.01. The van der Waals surface area contributed by atoms with Gasteiger partial charge in [0.05, 0.1) is 0 Å². The van der Waals surface area contributed by atoms with Crippen LogP contribution < -0.4 is 4.74 Å². The third kappa shape index (κ3) is 2.62. The van der Waals surface area contributed by atoms with E-state index in [2.05, 4.69) is 25.1 Å². The van der Waals surface area contributed by atoms with Gasteiger partial charge in [0, 0.05) is 5.56 Å². The van der Waals surface area contributed by atoms with Gasteiger partial charge in [0.15, 0.2) is 0 Å². The summed E-state index contributed by atoms with van der Waals surface area (Å²) in [5.41, 5.74) is 1.19. The maximum atomic E-state index is 5.87. The lowest BCUT2D eigenvalue weighted by Gasteiger charge is -2.21. The molecule has 0 fully saturated rings. The highest BCUT2D eigenvalue weighted by Gasteiger charge is 2.12. The van der Waals surface area contributed by atoms with Gasteiger partial charge < -0.3 is 4.74 Å². The summed E-state index contributed by atoms with van der Waals surface area (Å²) >= 11 is 0. The van der Waals surface area contributed by atoms with Crippen LogP contribution in [0.25, 0.3) is 6.08 Å². The Morgan fingerprint density at radius 3 is 2.93 bits per heavy atom. The highest BCUT2D eigenvalue weighted by Crippen LogP contribution is 2.26. The Morgan fingerprint density at radius 1 is 1.20 bits per heavy atom. The van der Waals surface area contributed by atoms with Crippen molar-refractivity contribution in [3.05, 3.63) is 42.8 Å². The van der Waals surface area contributed by atoms with Gasteiger partial charge in [-0.25, -0.2) is 0 Å². The molecule has 0 N–H and O–H groups in total. The maximum absolute atomic E-state index is 5.87. The molecule has 0 spiro atoms. The molecule has 15 heavy (non-hydrogen) atoms. The van der Waals surface area contributed by atoms with Gasteiger partial charge in [-0.1, -0.05) is 44.0 Å². The number of fused-ring (bicyclic) bond motifs is 1. The van der Waals surface area contributed by atoms with E-state index in [9.17, 15) is 0 Å². The largest absolute Gasteiger partial charge is 0.486 e. The smallest absolute Gasteiger partial charge is 0.127 e. The van der Waals surface area contributed by atoms with Gasteiger partial charge in [0.2, 0.25) is 0 Å². The molecule has 0 saturated carbocycles. The first-order valence-corrected chi connectivity index (χ1v) is 5.63. The summed E-state index contributed by atoms with van der Waals surface area (Å²) in [5, 5.41) is 0. The summed E-state index contributed by atoms with van der Waals surface area (Å²) in [5.74, 6) is 1.01. The van der Waals surface area contributed by atoms with Gasteiger partial charge in [0.1, 0.15) is 11.9 Å². The van der Waals surface area contributed by atoms with Crippen molar-refractivity contribution in [3.63, 3.8) is 0 Å². The van der Waals surface area contributed by atoms with Crippen molar-refractivity contribution in [2.24, 2.45) is 0 Å². The molecule has 2 rings (SSSR count). The molecule has 0 aromatic heterocycles. The fourth-order valence-electron chi connectivity index (χ4n) is 1.82. The minimum atomic E-state index is 0.256. The SMILES string of the molecule is [CH2]CCCCC1C=Cc2ccccc2O1. The summed E-state index contributed by atoms with van der Waals surface area (Å²) in [6.45, 7) is 3.85. The van der Waals surface area contributed by atoms with Crippen LogP contribution in [0.5, 0.6) is 5.75 Å². The van der Waals surface area contributed by atoms with E-state index in [0.717, 1.165) is 18.6 Å². The first kappa shape index (κ1) is 10.3. The average molecular weight is 201 g/mol. The van der Waals surface area contributed by atoms with E-state index < -0.39 is 0 Å². The molecule has 1 unspecified atom stereocenters. The summed E-state index contributed by atoms with van der Waals surface area (Å²) in [6, 6.07) is 8.17. The summed E-state index contributed by atoms with van der Waals surface area (Å²) in [6.07, 6.45) is 9.08. The summed E-state index contributed by atoms with van der Waals surface area (Å²) in [7, 11) is 0. The van der Waals surface area contributed by atoms with E-state index in [1.807, 2.05) is 18.2 Å². The molecule has 1 nitrogen and oxygen atoms in total. The molecule has 0 aliphatic carbocycles. The zero-order chi connectivity index (χ0) is 10.5. The predicted molar refractivity (Wildman–Crippen MR) is 63.7 cm³/mol. The first-order chi connectivity index (χ1) is 7.40. The lowest BCUT2D eigenvalue weighted by Crippen LogP contribution is -2.16. The van der Waals surface area contributed by atoms with E-state index in [0.29, 0.717) is 0 Å². The van der Waals surface area contributed by atoms with E-state index in [1.165, 1.54) is 18.4 Å². The van der Waals surface area contributed by atoms with Crippen molar-refractivity contribution < 1.29 is 4.74 Å². The molecule has 1 radical (unpaired) electrons. The average Bonchev–Trinajstić information content (AvgIpc) is 2.29. The minimum Gasteiger partial charge on any atom is -0.486 e. The number of para-hydroxylation sites is 1. The molecule has 0 saturated heterocycles. The number of hydrogen-bond donors (Lipinski definition) is 0. The molecule has 1 atom stereocenters. The monoisotopic (exact) mass is 201 g/mol. The van der Waals surface area contributed by atoms with Crippen LogP contribution in [0.4, 0.5) is 0 Å². The van der Waals surface area contributed by atoms with Gasteiger partial charge in [-0.3, -0.25) is 0 Å². The second-order valence-electron chi connectivity index (χ2n) is 3.90. The van der Waals surface area contributed by atoms with Crippen molar-refractivity contribution in [3.8, 4) is 5.75 Å². The van der Waals surface area contributed by atoms with Gasteiger partial charge in [0.25, 0.3) is 0 Å². The van der Waals surface area contributed by atoms with Crippen molar-refractivity contribution in [1.82, 2.24) is 0 Å². The third-order valence-corrected chi connectivity index (χ3v) is 2.68. The van der Waals surface area contributed by atoms with Gasteiger partial charge >= 0.3 is 0 Å². The quantitative estimate of drug-likeness (QED) is 0.672. The van der Waals surface area contributed by atoms with Crippen LogP contribution >= 0.6 is 0 Å². The Hall–Kier alpha value is -1.24. The number of ether oxygens (including phenoxy) is 1. The van der Waals surface area contributed by atoms with Crippen LogP contribution in [-0.2, 0) is 0 Å². The van der Waals surface area contributed by atoms with Gasteiger partial charge in [-0.05, 0) is 25.0 Å². The van der Waals surface area contributed by atoms with Crippen LogP contribution in [0.3, 0.4) is 0 Å². The van der Waals surface area contributed by atoms with Crippen molar-refractivity contribution in [2.45, 2.75) is 31.8 Å². The highest BCUT2D eigenvalue weighted by atomic mass is 16.5. The molecule has 1 aliphatic heterocycles. The first-order valence-electron chi connectivity index (χ1n) is 5.63. The van der Waals surface area contributed by atoms with Crippen molar-refractivity contribution >= 4 is 6.08 Å². The zero-order valence-corrected chi connectivity index (χ0v) is 8.99. The Bertz CT molecular complexity index is 341. The number of unbranched alkanes of at least 4 members (excludes halogenated alkanes) is 2. The van der Waals surface area contributed by atoms with Crippen LogP contribution in [0.15, 0.2) is 30.3 Å². The standard InChI is InChI=1S/C14H17O/c1-2-3-4-8-13-11-10-12-7-5-6-9-14(12)15-13/h5-7,9-11,13H,1-4,8H2. The highest BCUT2D eigenvalue weighted by molar-refractivity contribution is 5.59. The Morgan fingerprint density at radius 2 is 2.07 bits per heavy atom. The minimum absolute atomic E-state index is 0.256.